The number of esters is 1. The third kappa shape index (κ3) is 10.3. The van der Waals surface area contributed by atoms with Crippen LogP contribution in [0.3, 0.4) is 0 Å². The monoisotopic (exact) mass is 274 g/mol. The summed E-state index contributed by atoms with van der Waals surface area (Å²) in [6, 6.07) is 0. The molecule has 0 fully saturated rings. The van der Waals surface area contributed by atoms with E-state index in [1.54, 1.807) is 13.8 Å². The molecule has 19 heavy (non-hydrogen) atoms. The zero-order valence-electron chi connectivity index (χ0n) is 12.4. The molecule has 1 amide bonds. The summed E-state index contributed by atoms with van der Waals surface area (Å²) in [6.45, 7) is 10.6. The smallest absolute Gasteiger partial charge is 0.407 e. The van der Waals surface area contributed by atoms with E-state index >= 15 is 0 Å². The first-order chi connectivity index (χ1) is 8.99. The number of rotatable bonds is 9. The van der Waals surface area contributed by atoms with Gasteiger partial charge >= 0.3 is 12.1 Å². The van der Waals surface area contributed by atoms with E-state index < -0.39 is 6.09 Å². The Balaban J connectivity index is 3.56. The van der Waals surface area contributed by atoms with Gasteiger partial charge < -0.3 is 19.7 Å². The Kier molecular flexibility index (Phi) is 9.88. The summed E-state index contributed by atoms with van der Waals surface area (Å²) in [6.07, 6.45) is -0.274. The molecule has 0 atom stereocenters. The fraction of sp³-hybridized carbons (Fsp3) is 0.846. The maximum absolute atomic E-state index is 11.4. The molecular formula is C13H26N2O4. The van der Waals surface area contributed by atoms with E-state index in [4.69, 9.17) is 9.47 Å². The fourth-order valence-electron chi connectivity index (χ4n) is 1.44. The van der Waals surface area contributed by atoms with Gasteiger partial charge in [0.15, 0.2) is 0 Å². The number of alkyl carbamates (subject to hydrolysis) is 1. The Hall–Kier alpha value is -1.30. The summed E-state index contributed by atoms with van der Waals surface area (Å²) in [7, 11) is 0. The maximum atomic E-state index is 11.4. The number of carbonyl (C=O) groups is 2. The van der Waals surface area contributed by atoms with Crippen LogP contribution in [0.4, 0.5) is 4.79 Å². The number of hydrogen-bond acceptors (Lipinski definition) is 5. The lowest BCUT2D eigenvalue weighted by Gasteiger charge is -2.17. The molecule has 0 aliphatic rings. The van der Waals surface area contributed by atoms with Gasteiger partial charge in [0.25, 0.3) is 0 Å². The van der Waals surface area contributed by atoms with Crippen LogP contribution in [0.1, 0.15) is 34.1 Å². The Morgan fingerprint density at radius 2 is 1.84 bits per heavy atom. The van der Waals surface area contributed by atoms with E-state index in [-0.39, 0.29) is 25.2 Å². The second kappa shape index (κ2) is 10.6. The number of nitrogens with zero attached hydrogens (tertiary/aromatic N) is 1. The van der Waals surface area contributed by atoms with Gasteiger partial charge in [0.2, 0.25) is 0 Å². The molecule has 0 heterocycles. The highest BCUT2D eigenvalue weighted by Crippen LogP contribution is 1.93. The van der Waals surface area contributed by atoms with E-state index in [0.717, 1.165) is 13.1 Å². The fourth-order valence-corrected chi connectivity index (χ4v) is 1.44. The molecule has 0 aliphatic heterocycles. The quantitative estimate of drug-likeness (QED) is 0.508. The molecule has 0 bridgehead atoms. The molecule has 6 nitrogen and oxygen atoms in total. The minimum absolute atomic E-state index is 0.156. The van der Waals surface area contributed by atoms with Gasteiger partial charge in [0.05, 0.1) is 19.1 Å². The lowest BCUT2D eigenvalue weighted by atomic mass is 10.4. The van der Waals surface area contributed by atoms with Crippen LogP contribution in [0.2, 0.25) is 0 Å². The second-order valence-corrected chi connectivity index (χ2v) is 4.38. The Labute approximate surface area is 115 Å². The summed E-state index contributed by atoms with van der Waals surface area (Å²) in [5.41, 5.74) is 0. The average molecular weight is 274 g/mol. The van der Waals surface area contributed by atoms with Gasteiger partial charge in [-0.2, -0.15) is 0 Å². The Morgan fingerprint density at radius 1 is 1.21 bits per heavy atom. The minimum Gasteiger partial charge on any atom is -0.464 e. The lowest BCUT2D eigenvalue weighted by molar-refractivity contribution is -0.143. The number of amides is 1. The van der Waals surface area contributed by atoms with Gasteiger partial charge in [-0.1, -0.05) is 13.8 Å². The molecule has 0 unspecified atom stereocenters. The maximum Gasteiger partial charge on any atom is 0.407 e. The van der Waals surface area contributed by atoms with Crippen molar-refractivity contribution >= 4 is 12.1 Å². The lowest BCUT2D eigenvalue weighted by Crippen LogP contribution is -2.31. The highest BCUT2D eigenvalue weighted by atomic mass is 16.6. The largest absolute Gasteiger partial charge is 0.464 e. The van der Waals surface area contributed by atoms with Crippen molar-refractivity contribution in [1.29, 1.82) is 0 Å². The predicted octanol–water partition coefficient (Wildman–Crippen LogP) is 1.40. The van der Waals surface area contributed by atoms with E-state index in [2.05, 4.69) is 24.1 Å². The molecule has 0 saturated carbocycles. The molecule has 6 heteroatoms. The van der Waals surface area contributed by atoms with Crippen molar-refractivity contribution in [1.82, 2.24) is 10.2 Å². The van der Waals surface area contributed by atoms with E-state index in [0.29, 0.717) is 13.0 Å². The van der Waals surface area contributed by atoms with Crippen molar-refractivity contribution in [3.05, 3.63) is 0 Å². The molecule has 0 aliphatic carbocycles. The van der Waals surface area contributed by atoms with Crippen molar-refractivity contribution in [3.63, 3.8) is 0 Å². The molecule has 0 saturated heterocycles. The molecule has 0 radical (unpaired) electrons. The van der Waals surface area contributed by atoms with Crippen LogP contribution >= 0.6 is 0 Å². The van der Waals surface area contributed by atoms with Crippen LogP contribution in [0.5, 0.6) is 0 Å². The van der Waals surface area contributed by atoms with Crippen LogP contribution < -0.4 is 5.32 Å². The van der Waals surface area contributed by atoms with Gasteiger partial charge in [-0.15, -0.1) is 0 Å². The van der Waals surface area contributed by atoms with Gasteiger partial charge in [-0.3, -0.25) is 4.79 Å². The third-order valence-corrected chi connectivity index (χ3v) is 2.50. The van der Waals surface area contributed by atoms with Crippen molar-refractivity contribution in [2.75, 3.05) is 32.8 Å². The van der Waals surface area contributed by atoms with Crippen LogP contribution in [0.15, 0.2) is 0 Å². The van der Waals surface area contributed by atoms with Gasteiger partial charge in [0, 0.05) is 6.54 Å². The second-order valence-electron chi connectivity index (χ2n) is 4.38. The molecule has 0 aromatic carbocycles. The third-order valence-electron chi connectivity index (χ3n) is 2.50. The van der Waals surface area contributed by atoms with E-state index in [9.17, 15) is 9.59 Å². The zero-order valence-corrected chi connectivity index (χ0v) is 12.4. The van der Waals surface area contributed by atoms with Crippen LogP contribution in [0.25, 0.3) is 0 Å². The standard InChI is InChI=1S/C13H26N2O4/c1-5-15(6-2)9-7-12(16)18-10-8-14-13(17)19-11(3)4/h11H,5-10H2,1-4H3,(H,14,17). The van der Waals surface area contributed by atoms with Gasteiger partial charge in [0.1, 0.15) is 6.61 Å². The van der Waals surface area contributed by atoms with Crippen molar-refractivity contribution in [3.8, 4) is 0 Å². The average Bonchev–Trinajstić information content (AvgIpc) is 2.35. The topological polar surface area (TPSA) is 67.9 Å². The van der Waals surface area contributed by atoms with E-state index in [1.807, 2.05) is 0 Å². The minimum atomic E-state index is -0.491. The van der Waals surface area contributed by atoms with Gasteiger partial charge in [-0.05, 0) is 26.9 Å². The summed E-state index contributed by atoms with van der Waals surface area (Å²) in [4.78, 5) is 24.7. The molecule has 0 spiro atoms. The van der Waals surface area contributed by atoms with Crippen molar-refractivity contribution in [2.45, 2.75) is 40.2 Å². The number of nitrogens with one attached hydrogen (secondary N) is 1. The van der Waals surface area contributed by atoms with E-state index in [1.165, 1.54) is 0 Å². The Morgan fingerprint density at radius 3 is 2.37 bits per heavy atom. The summed E-state index contributed by atoms with van der Waals surface area (Å²) >= 11 is 0. The first-order valence-electron chi connectivity index (χ1n) is 6.82. The summed E-state index contributed by atoms with van der Waals surface area (Å²) in [5.74, 6) is -0.245. The zero-order chi connectivity index (χ0) is 14.7. The van der Waals surface area contributed by atoms with Crippen LogP contribution in [-0.2, 0) is 14.3 Å². The first-order valence-corrected chi connectivity index (χ1v) is 6.82. The van der Waals surface area contributed by atoms with Crippen LogP contribution in [0, 0.1) is 0 Å². The highest BCUT2D eigenvalue weighted by Gasteiger charge is 2.07. The normalized spacial score (nSPS) is 10.6. The molecule has 0 rings (SSSR count). The van der Waals surface area contributed by atoms with Crippen LogP contribution in [-0.4, -0.2) is 55.9 Å². The molecule has 112 valence electrons. The molecular weight excluding hydrogens is 248 g/mol. The SMILES string of the molecule is CCN(CC)CCC(=O)OCCNC(=O)OC(C)C. The Bertz CT molecular complexity index is 265. The number of ether oxygens (including phenoxy) is 2. The number of hydrogen-bond donors (Lipinski definition) is 1. The molecule has 0 aromatic rings. The first kappa shape index (κ1) is 17.7. The molecule has 0 aromatic heterocycles. The summed E-state index contributed by atoms with van der Waals surface area (Å²) in [5, 5.41) is 2.51. The van der Waals surface area contributed by atoms with Crippen molar-refractivity contribution in [2.24, 2.45) is 0 Å². The van der Waals surface area contributed by atoms with Gasteiger partial charge in [-0.25, -0.2) is 4.79 Å². The predicted molar refractivity (Wildman–Crippen MR) is 73.0 cm³/mol. The number of carbonyl (C=O) groups excluding carboxylic acids is 2. The molecule has 1 N–H and O–H groups in total. The highest BCUT2D eigenvalue weighted by molar-refractivity contribution is 5.69. The summed E-state index contributed by atoms with van der Waals surface area (Å²) < 4.78 is 9.87. The van der Waals surface area contributed by atoms with Crippen molar-refractivity contribution < 1.29 is 19.1 Å².